The van der Waals surface area contributed by atoms with Crippen molar-refractivity contribution in [3.8, 4) is 5.75 Å². The summed E-state index contributed by atoms with van der Waals surface area (Å²) in [4.78, 5) is 26.7. The first-order valence-corrected chi connectivity index (χ1v) is 8.86. The Labute approximate surface area is 151 Å². The second-order valence-electron chi connectivity index (χ2n) is 6.31. The molecule has 7 heteroatoms. The molecule has 1 saturated heterocycles. The molecule has 1 aromatic carbocycles. The molecule has 2 amide bonds. The van der Waals surface area contributed by atoms with E-state index in [0.29, 0.717) is 36.8 Å². The summed E-state index contributed by atoms with van der Waals surface area (Å²) in [6.45, 7) is 2.18. The van der Waals surface area contributed by atoms with E-state index >= 15 is 0 Å². The Morgan fingerprint density at radius 1 is 1.40 bits per heavy atom. The van der Waals surface area contributed by atoms with Gasteiger partial charge in [0.2, 0.25) is 5.91 Å². The summed E-state index contributed by atoms with van der Waals surface area (Å²) in [7, 11) is 0. The fourth-order valence-electron chi connectivity index (χ4n) is 3.19. The van der Waals surface area contributed by atoms with Crippen molar-refractivity contribution >= 4 is 29.5 Å². The number of benzene rings is 1. The maximum absolute atomic E-state index is 12.8. The second-order valence-corrected chi connectivity index (χ2v) is 6.75. The minimum absolute atomic E-state index is 0.0334. The number of hydrogen-bond donors (Lipinski definition) is 2. The normalized spacial score (nSPS) is 19.5. The van der Waals surface area contributed by atoms with E-state index in [1.807, 2.05) is 6.08 Å². The molecule has 134 valence electrons. The molecular formula is C18H22ClN3O3. The van der Waals surface area contributed by atoms with Crippen molar-refractivity contribution in [3.63, 3.8) is 0 Å². The van der Waals surface area contributed by atoms with Gasteiger partial charge in [-0.05, 0) is 37.1 Å². The van der Waals surface area contributed by atoms with E-state index in [4.69, 9.17) is 22.1 Å². The van der Waals surface area contributed by atoms with Crippen LogP contribution in [0.15, 0.2) is 23.8 Å². The van der Waals surface area contributed by atoms with Gasteiger partial charge in [-0.15, -0.1) is 0 Å². The summed E-state index contributed by atoms with van der Waals surface area (Å²) in [5, 5.41) is 3.40. The number of carbonyl (C=O) groups excluding carboxylic acids is 2. The average Bonchev–Trinajstić information content (AvgIpc) is 2.65. The van der Waals surface area contributed by atoms with Crippen LogP contribution in [0.3, 0.4) is 0 Å². The smallest absolute Gasteiger partial charge is 0.253 e. The minimum Gasteiger partial charge on any atom is -0.488 e. The number of likely N-dealkylation sites (tertiary alicyclic amines) is 1. The average molecular weight is 364 g/mol. The lowest BCUT2D eigenvalue weighted by atomic mass is 9.96. The van der Waals surface area contributed by atoms with Gasteiger partial charge >= 0.3 is 0 Å². The lowest BCUT2D eigenvalue weighted by Gasteiger charge is -2.33. The first-order valence-electron chi connectivity index (χ1n) is 8.48. The van der Waals surface area contributed by atoms with Gasteiger partial charge in [-0.1, -0.05) is 11.6 Å². The molecule has 2 aliphatic rings. The number of fused-ring (bicyclic) bond motifs is 1. The minimum atomic E-state index is -0.184. The summed E-state index contributed by atoms with van der Waals surface area (Å²) in [5.74, 6) is 0.422. The number of halogens is 1. The third-order valence-corrected chi connectivity index (χ3v) is 4.72. The van der Waals surface area contributed by atoms with E-state index in [1.54, 1.807) is 23.1 Å². The van der Waals surface area contributed by atoms with Crippen LogP contribution >= 0.6 is 11.6 Å². The second kappa shape index (κ2) is 7.89. The van der Waals surface area contributed by atoms with E-state index in [0.717, 1.165) is 24.2 Å². The maximum atomic E-state index is 12.8. The highest BCUT2D eigenvalue weighted by Gasteiger charge is 2.30. The van der Waals surface area contributed by atoms with Crippen molar-refractivity contribution in [1.29, 1.82) is 0 Å². The van der Waals surface area contributed by atoms with E-state index in [-0.39, 0.29) is 24.3 Å². The number of nitrogens with zero attached hydrogens (tertiary/aromatic N) is 1. The summed E-state index contributed by atoms with van der Waals surface area (Å²) >= 11 is 6.01. The molecule has 0 aliphatic carbocycles. The lowest BCUT2D eigenvalue weighted by Crippen LogP contribution is -2.47. The summed E-state index contributed by atoms with van der Waals surface area (Å²) < 4.78 is 5.66. The summed E-state index contributed by atoms with van der Waals surface area (Å²) in [6.07, 6.45) is 3.42. The van der Waals surface area contributed by atoms with Gasteiger partial charge in [0, 0.05) is 36.8 Å². The van der Waals surface area contributed by atoms with Crippen molar-refractivity contribution in [1.82, 2.24) is 10.2 Å². The van der Waals surface area contributed by atoms with E-state index in [1.165, 1.54) is 0 Å². The van der Waals surface area contributed by atoms with Crippen LogP contribution in [0.4, 0.5) is 0 Å². The molecule has 1 aromatic rings. The third-order valence-electron chi connectivity index (χ3n) is 4.48. The first kappa shape index (κ1) is 17.8. The van der Waals surface area contributed by atoms with Crippen LogP contribution in [0.1, 0.15) is 18.4 Å². The molecule has 25 heavy (non-hydrogen) atoms. The van der Waals surface area contributed by atoms with Gasteiger partial charge in [0.15, 0.2) is 0 Å². The Morgan fingerprint density at radius 3 is 3.04 bits per heavy atom. The van der Waals surface area contributed by atoms with E-state index in [9.17, 15) is 9.59 Å². The summed E-state index contributed by atoms with van der Waals surface area (Å²) in [6, 6.07) is 5.34. The monoisotopic (exact) mass is 363 g/mol. The Morgan fingerprint density at radius 2 is 2.24 bits per heavy atom. The molecule has 3 rings (SSSR count). The van der Waals surface area contributed by atoms with Crippen LogP contribution in [0.25, 0.3) is 6.08 Å². The number of nitrogens with one attached hydrogen (secondary N) is 1. The van der Waals surface area contributed by atoms with E-state index < -0.39 is 0 Å². The molecule has 0 bridgehead atoms. The first-order chi connectivity index (χ1) is 12.1. The number of rotatable bonds is 4. The highest BCUT2D eigenvalue weighted by atomic mass is 35.5. The fraction of sp³-hybridized carbons (Fsp3) is 0.444. The van der Waals surface area contributed by atoms with Crippen molar-refractivity contribution in [3.05, 3.63) is 34.4 Å². The van der Waals surface area contributed by atoms with E-state index in [2.05, 4.69) is 5.32 Å². The highest BCUT2D eigenvalue weighted by Crippen LogP contribution is 2.30. The van der Waals surface area contributed by atoms with Crippen LogP contribution in [-0.4, -0.2) is 49.5 Å². The molecular weight excluding hydrogens is 342 g/mol. The highest BCUT2D eigenvalue weighted by molar-refractivity contribution is 6.30. The maximum Gasteiger partial charge on any atom is 0.253 e. The number of ether oxygens (including phenoxy) is 1. The quantitative estimate of drug-likeness (QED) is 0.847. The molecule has 1 unspecified atom stereocenters. The van der Waals surface area contributed by atoms with Crippen LogP contribution in [-0.2, 0) is 9.59 Å². The Balaban J connectivity index is 1.69. The predicted molar refractivity (Wildman–Crippen MR) is 96.3 cm³/mol. The van der Waals surface area contributed by atoms with Crippen molar-refractivity contribution < 1.29 is 14.3 Å². The van der Waals surface area contributed by atoms with Crippen LogP contribution in [0, 0.1) is 5.92 Å². The van der Waals surface area contributed by atoms with Gasteiger partial charge in [-0.25, -0.2) is 0 Å². The largest absolute Gasteiger partial charge is 0.488 e. The molecule has 2 heterocycles. The molecule has 0 radical (unpaired) electrons. The van der Waals surface area contributed by atoms with Gasteiger partial charge in [-0.3, -0.25) is 9.59 Å². The van der Waals surface area contributed by atoms with Crippen molar-refractivity contribution in [2.24, 2.45) is 11.7 Å². The zero-order valence-electron chi connectivity index (χ0n) is 14.0. The van der Waals surface area contributed by atoms with Crippen LogP contribution < -0.4 is 15.8 Å². The van der Waals surface area contributed by atoms with Gasteiger partial charge in [0.25, 0.3) is 5.91 Å². The van der Waals surface area contributed by atoms with Gasteiger partial charge in [0.1, 0.15) is 12.4 Å². The van der Waals surface area contributed by atoms with Crippen LogP contribution in [0.5, 0.6) is 5.75 Å². The van der Waals surface area contributed by atoms with Gasteiger partial charge < -0.3 is 20.7 Å². The molecule has 3 N–H and O–H groups in total. The van der Waals surface area contributed by atoms with Crippen molar-refractivity contribution in [2.75, 3.05) is 32.8 Å². The third kappa shape index (κ3) is 4.14. The zero-order chi connectivity index (χ0) is 17.8. The number of hydrogen-bond acceptors (Lipinski definition) is 4. The molecule has 2 aliphatic heterocycles. The zero-order valence-corrected chi connectivity index (χ0v) is 14.7. The molecule has 1 atom stereocenters. The molecule has 0 saturated carbocycles. The number of piperidine rings is 1. The van der Waals surface area contributed by atoms with Crippen molar-refractivity contribution in [2.45, 2.75) is 12.8 Å². The molecule has 1 fully saturated rings. The Bertz CT molecular complexity index is 705. The topological polar surface area (TPSA) is 84.7 Å². The summed E-state index contributed by atoms with van der Waals surface area (Å²) in [5.41, 5.74) is 6.80. The number of nitrogens with two attached hydrogens (primary N) is 1. The lowest BCUT2D eigenvalue weighted by molar-refractivity contribution is -0.133. The van der Waals surface area contributed by atoms with Gasteiger partial charge in [0.05, 0.1) is 11.5 Å². The van der Waals surface area contributed by atoms with Crippen LogP contribution in [0.2, 0.25) is 5.02 Å². The Kier molecular flexibility index (Phi) is 5.60. The predicted octanol–water partition coefficient (Wildman–Crippen LogP) is 1.43. The molecule has 0 aromatic heterocycles. The number of carbonyl (C=O) groups is 2. The molecule has 0 spiro atoms. The number of amides is 2. The molecule has 6 nitrogen and oxygen atoms in total. The Hall–Kier alpha value is -2.05. The standard InChI is InChI=1S/C18H22ClN3O3/c19-15-3-4-16-13(9-15)8-14(11-25-16)18(24)22-7-1-2-12(10-22)17(23)21-6-5-20/h3-4,8-9,12H,1-2,5-7,10-11,20H2,(H,21,23). The fourth-order valence-corrected chi connectivity index (χ4v) is 3.37. The SMILES string of the molecule is NCCNC(=O)C1CCCN(C(=O)C2=Cc3cc(Cl)ccc3OC2)C1. The van der Waals surface area contributed by atoms with Gasteiger partial charge in [-0.2, -0.15) is 0 Å².